The number of alkyl halides is 1. The number of carbonyl (C=O) groups is 1. The molecule has 0 spiro atoms. The van der Waals surface area contributed by atoms with Crippen LogP contribution >= 0.6 is 11.6 Å². The van der Waals surface area contributed by atoms with Crippen LogP contribution in [0.15, 0.2) is 30.3 Å². The monoisotopic (exact) mass is 291 g/mol. The van der Waals surface area contributed by atoms with E-state index in [0.717, 1.165) is 19.3 Å². The SMILES string of the molecule is O=C(NC1(CCl)CCCCC1)C1CC1c1ccccc1. The number of carbonyl (C=O) groups excluding carboxylic acids is 1. The minimum absolute atomic E-state index is 0.138. The molecule has 1 amide bonds. The highest BCUT2D eigenvalue weighted by molar-refractivity contribution is 6.18. The molecular formula is C17H22ClNO. The second-order valence-corrected chi connectivity index (χ2v) is 6.59. The molecule has 3 rings (SSSR count). The topological polar surface area (TPSA) is 29.1 Å². The first-order valence-corrected chi connectivity index (χ1v) is 8.20. The van der Waals surface area contributed by atoms with Crippen LogP contribution in [0, 0.1) is 5.92 Å². The van der Waals surface area contributed by atoms with Gasteiger partial charge in [0.2, 0.25) is 5.91 Å². The number of halogens is 1. The summed E-state index contributed by atoms with van der Waals surface area (Å²) in [6, 6.07) is 10.4. The van der Waals surface area contributed by atoms with Crippen molar-refractivity contribution in [3.8, 4) is 0 Å². The van der Waals surface area contributed by atoms with Gasteiger partial charge in [-0.1, -0.05) is 49.6 Å². The summed E-state index contributed by atoms with van der Waals surface area (Å²) >= 11 is 6.14. The second-order valence-electron chi connectivity index (χ2n) is 6.32. The third kappa shape index (κ3) is 2.85. The summed E-state index contributed by atoms with van der Waals surface area (Å²) in [5, 5.41) is 3.27. The lowest BCUT2D eigenvalue weighted by Gasteiger charge is -2.36. The molecule has 2 aliphatic rings. The predicted octanol–water partition coefficient (Wildman–Crippen LogP) is 3.85. The third-order valence-electron chi connectivity index (χ3n) is 4.81. The second kappa shape index (κ2) is 5.77. The third-order valence-corrected chi connectivity index (χ3v) is 5.32. The normalized spacial score (nSPS) is 27.9. The van der Waals surface area contributed by atoms with Crippen LogP contribution in [0.5, 0.6) is 0 Å². The van der Waals surface area contributed by atoms with Crippen LogP contribution in [-0.4, -0.2) is 17.3 Å². The summed E-state index contributed by atoms with van der Waals surface area (Å²) in [6.07, 6.45) is 6.67. The summed E-state index contributed by atoms with van der Waals surface area (Å²) in [5.41, 5.74) is 1.15. The van der Waals surface area contributed by atoms with Gasteiger partial charge < -0.3 is 5.32 Å². The van der Waals surface area contributed by atoms with Gasteiger partial charge in [0.25, 0.3) is 0 Å². The number of benzene rings is 1. The average Bonchev–Trinajstić information content (AvgIpc) is 3.30. The highest BCUT2D eigenvalue weighted by Gasteiger charge is 2.46. The first-order chi connectivity index (χ1) is 9.74. The number of rotatable bonds is 4. The minimum atomic E-state index is -0.138. The van der Waals surface area contributed by atoms with Gasteiger partial charge in [0.05, 0.1) is 5.54 Å². The maximum Gasteiger partial charge on any atom is 0.224 e. The van der Waals surface area contributed by atoms with E-state index >= 15 is 0 Å². The molecule has 2 saturated carbocycles. The van der Waals surface area contributed by atoms with Gasteiger partial charge >= 0.3 is 0 Å². The van der Waals surface area contributed by atoms with Crippen LogP contribution in [-0.2, 0) is 4.79 Å². The summed E-state index contributed by atoms with van der Waals surface area (Å²) in [5.74, 6) is 1.31. The van der Waals surface area contributed by atoms with Crippen molar-refractivity contribution in [1.29, 1.82) is 0 Å². The zero-order valence-corrected chi connectivity index (χ0v) is 12.5. The Morgan fingerprint density at radius 1 is 1.20 bits per heavy atom. The predicted molar refractivity (Wildman–Crippen MR) is 82.0 cm³/mol. The molecule has 2 atom stereocenters. The number of hydrogen-bond donors (Lipinski definition) is 1. The molecule has 0 bridgehead atoms. The van der Waals surface area contributed by atoms with E-state index in [9.17, 15) is 4.79 Å². The molecule has 20 heavy (non-hydrogen) atoms. The molecule has 0 aromatic heterocycles. The smallest absolute Gasteiger partial charge is 0.224 e. The van der Waals surface area contributed by atoms with Gasteiger partial charge in [0.15, 0.2) is 0 Å². The summed E-state index contributed by atoms with van der Waals surface area (Å²) in [7, 11) is 0. The van der Waals surface area contributed by atoms with Crippen molar-refractivity contribution in [2.75, 3.05) is 5.88 Å². The quantitative estimate of drug-likeness (QED) is 0.839. The number of nitrogens with one attached hydrogen (secondary N) is 1. The highest BCUT2D eigenvalue weighted by Crippen LogP contribution is 2.48. The van der Waals surface area contributed by atoms with Crippen LogP contribution in [0.4, 0.5) is 0 Å². The molecule has 3 heteroatoms. The molecule has 0 heterocycles. The standard InChI is InChI=1S/C17H22ClNO/c18-12-17(9-5-2-6-10-17)19-16(20)15-11-14(15)13-7-3-1-4-8-13/h1,3-4,7-8,14-15H,2,5-6,9-12H2,(H,19,20). The molecule has 0 saturated heterocycles. The maximum absolute atomic E-state index is 12.5. The van der Waals surface area contributed by atoms with E-state index in [2.05, 4.69) is 17.4 Å². The van der Waals surface area contributed by atoms with Gasteiger partial charge in [-0.25, -0.2) is 0 Å². The van der Waals surface area contributed by atoms with Crippen LogP contribution < -0.4 is 5.32 Å². The minimum Gasteiger partial charge on any atom is -0.349 e. The van der Waals surface area contributed by atoms with Gasteiger partial charge in [-0.15, -0.1) is 11.6 Å². The molecule has 1 aromatic rings. The molecule has 2 aliphatic carbocycles. The molecule has 0 radical (unpaired) electrons. The summed E-state index contributed by atoms with van der Waals surface area (Å²) in [4.78, 5) is 12.5. The molecule has 2 fully saturated rings. The van der Waals surface area contributed by atoms with Gasteiger partial charge in [-0.05, 0) is 30.7 Å². The highest BCUT2D eigenvalue weighted by atomic mass is 35.5. The largest absolute Gasteiger partial charge is 0.349 e. The number of amides is 1. The lowest BCUT2D eigenvalue weighted by molar-refractivity contribution is -0.124. The van der Waals surface area contributed by atoms with Crippen molar-refractivity contribution in [2.45, 2.75) is 50.0 Å². The first kappa shape index (κ1) is 13.9. The van der Waals surface area contributed by atoms with Gasteiger partial charge in [-0.3, -0.25) is 4.79 Å². The molecule has 2 unspecified atom stereocenters. The van der Waals surface area contributed by atoms with E-state index in [4.69, 9.17) is 11.6 Å². The lowest BCUT2D eigenvalue weighted by atomic mass is 9.83. The molecular weight excluding hydrogens is 270 g/mol. The Kier molecular flexibility index (Phi) is 4.02. The van der Waals surface area contributed by atoms with Crippen molar-refractivity contribution < 1.29 is 4.79 Å². The van der Waals surface area contributed by atoms with E-state index in [-0.39, 0.29) is 17.4 Å². The summed E-state index contributed by atoms with van der Waals surface area (Å²) < 4.78 is 0. The fourth-order valence-electron chi connectivity index (χ4n) is 3.43. The van der Waals surface area contributed by atoms with E-state index < -0.39 is 0 Å². The van der Waals surface area contributed by atoms with E-state index in [0.29, 0.717) is 11.8 Å². The van der Waals surface area contributed by atoms with Gasteiger partial charge in [0, 0.05) is 11.8 Å². The van der Waals surface area contributed by atoms with Crippen molar-refractivity contribution >= 4 is 17.5 Å². The molecule has 1 aromatic carbocycles. The van der Waals surface area contributed by atoms with E-state index in [1.165, 1.54) is 24.8 Å². The Hall–Kier alpha value is -1.02. The fourth-order valence-corrected chi connectivity index (χ4v) is 3.76. The van der Waals surface area contributed by atoms with Crippen molar-refractivity contribution in [3.63, 3.8) is 0 Å². The zero-order chi connectivity index (χ0) is 14.0. The molecule has 108 valence electrons. The van der Waals surface area contributed by atoms with Gasteiger partial charge in [0.1, 0.15) is 0 Å². The maximum atomic E-state index is 12.5. The Balaban J connectivity index is 1.60. The van der Waals surface area contributed by atoms with Gasteiger partial charge in [-0.2, -0.15) is 0 Å². The van der Waals surface area contributed by atoms with Crippen molar-refractivity contribution in [2.24, 2.45) is 5.92 Å². The lowest BCUT2D eigenvalue weighted by Crippen LogP contribution is -2.51. The Bertz CT molecular complexity index is 467. The Labute approximate surface area is 125 Å². The molecule has 2 nitrogen and oxygen atoms in total. The Morgan fingerprint density at radius 2 is 1.90 bits per heavy atom. The van der Waals surface area contributed by atoms with Crippen LogP contribution in [0.2, 0.25) is 0 Å². The summed E-state index contributed by atoms with van der Waals surface area (Å²) in [6.45, 7) is 0. The van der Waals surface area contributed by atoms with Crippen LogP contribution in [0.3, 0.4) is 0 Å². The van der Waals surface area contributed by atoms with E-state index in [1.54, 1.807) is 0 Å². The van der Waals surface area contributed by atoms with E-state index in [1.807, 2.05) is 18.2 Å². The average molecular weight is 292 g/mol. The van der Waals surface area contributed by atoms with Crippen LogP contribution in [0.25, 0.3) is 0 Å². The molecule has 0 aliphatic heterocycles. The fraction of sp³-hybridized carbons (Fsp3) is 0.588. The first-order valence-electron chi connectivity index (χ1n) is 7.67. The molecule has 1 N–H and O–H groups in total. The number of hydrogen-bond acceptors (Lipinski definition) is 1. The van der Waals surface area contributed by atoms with Crippen LogP contribution in [0.1, 0.15) is 50.0 Å². The van der Waals surface area contributed by atoms with Crippen molar-refractivity contribution in [3.05, 3.63) is 35.9 Å². The Morgan fingerprint density at radius 3 is 2.55 bits per heavy atom. The zero-order valence-electron chi connectivity index (χ0n) is 11.8. The van der Waals surface area contributed by atoms with Crippen molar-refractivity contribution in [1.82, 2.24) is 5.32 Å².